The first kappa shape index (κ1) is 12.3. The number of likely N-dealkylation sites (tertiary alicyclic amines) is 1. The molecule has 1 heterocycles. The summed E-state index contributed by atoms with van der Waals surface area (Å²) in [4.78, 5) is 2.39. The van der Waals surface area contributed by atoms with Gasteiger partial charge in [-0.25, -0.2) is 0 Å². The largest absolute Gasteiger partial charge is 0.616 e. The molecule has 0 spiro atoms. The Morgan fingerprint density at radius 1 is 1.07 bits per heavy atom. The van der Waals surface area contributed by atoms with Crippen LogP contribution in [0.25, 0.3) is 0 Å². The predicted molar refractivity (Wildman–Crippen MR) is 63.0 cm³/mol. The van der Waals surface area contributed by atoms with Crippen molar-refractivity contribution in [2.45, 2.75) is 57.1 Å². The van der Waals surface area contributed by atoms with Crippen LogP contribution in [0, 0.1) is 0 Å². The SMILES string of the molecule is CC(C)(C)N1CC([S+]([O-])C(C)(C)C)C1. The zero-order valence-electron chi connectivity index (χ0n) is 10.3. The highest BCUT2D eigenvalue weighted by molar-refractivity contribution is 7.93. The van der Waals surface area contributed by atoms with Crippen molar-refractivity contribution in [3.8, 4) is 0 Å². The van der Waals surface area contributed by atoms with Gasteiger partial charge in [0.25, 0.3) is 0 Å². The monoisotopic (exact) mass is 217 g/mol. The lowest BCUT2D eigenvalue weighted by molar-refractivity contribution is 0.0717. The minimum atomic E-state index is -0.692. The minimum absolute atomic E-state index is 0.0609. The highest BCUT2D eigenvalue weighted by atomic mass is 32.2. The molecule has 1 rings (SSSR count). The molecule has 0 aromatic carbocycles. The maximum Gasteiger partial charge on any atom is 0.141 e. The average Bonchev–Trinajstić information content (AvgIpc) is 1.77. The summed E-state index contributed by atoms with van der Waals surface area (Å²) in [7, 11) is 0. The van der Waals surface area contributed by atoms with Crippen LogP contribution in [0.5, 0.6) is 0 Å². The van der Waals surface area contributed by atoms with Crippen LogP contribution in [0.1, 0.15) is 41.5 Å². The first-order chi connectivity index (χ1) is 6.12. The van der Waals surface area contributed by atoms with Crippen molar-refractivity contribution < 1.29 is 4.55 Å². The van der Waals surface area contributed by atoms with Gasteiger partial charge < -0.3 is 4.55 Å². The average molecular weight is 217 g/mol. The third kappa shape index (κ3) is 2.65. The van der Waals surface area contributed by atoms with Crippen molar-refractivity contribution in [1.82, 2.24) is 4.90 Å². The fourth-order valence-corrected chi connectivity index (χ4v) is 3.25. The van der Waals surface area contributed by atoms with E-state index in [-0.39, 0.29) is 10.3 Å². The lowest BCUT2D eigenvalue weighted by atomic mass is 10.0. The molecule has 0 amide bonds. The molecule has 84 valence electrons. The van der Waals surface area contributed by atoms with E-state index in [1.54, 1.807) is 0 Å². The summed E-state index contributed by atoms with van der Waals surface area (Å²) in [6.45, 7) is 14.8. The standard InChI is InChI=1S/C11H23NOS/c1-10(2,3)12-7-9(8-12)14(13)11(4,5)6/h9H,7-8H2,1-6H3. The molecular weight excluding hydrogens is 194 g/mol. The van der Waals surface area contributed by atoms with E-state index < -0.39 is 11.2 Å². The van der Waals surface area contributed by atoms with Crippen molar-refractivity contribution in [2.24, 2.45) is 0 Å². The number of rotatable bonds is 1. The summed E-state index contributed by atoms with van der Waals surface area (Å²) >= 11 is -0.692. The van der Waals surface area contributed by atoms with Crippen LogP contribution in [0.3, 0.4) is 0 Å². The summed E-state index contributed by atoms with van der Waals surface area (Å²) < 4.78 is 11.9. The minimum Gasteiger partial charge on any atom is -0.616 e. The Hall–Kier alpha value is 0.270. The van der Waals surface area contributed by atoms with E-state index in [9.17, 15) is 4.55 Å². The van der Waals surface area contributed by atoms with Crippen molar-refractivity contribution in [2.75, 3.05) is 13.1 Å². The van der Waals surface area contributed by atoms with Crippen LogP contribution in [0.15, 0.2) is 0 Å². The van der Waals surface area contributed by atoms with Gasteiger partial charge in [-0.2, -0.15) is 0 Å². The molecule has 0 N–H and O–H groups in total. The maximum atomic E-state index is 12.0. The van der Waals surface area contributed by atoms with Gasteiger partial charge in [0.1, 0.15) is 10.00 Å². The first-order valence-corrected chi connectivity index (χ1v) is 6.49. The Bertz CT molecular complexity index is 198. The quantitative estimate of drug-likeness (QED) is 0.628. The topological polar surface area (TPSA) is 26.3 Å². The van der Waals surface area contributed by atoms with E-state index >= 15 is 0 Å². The first-order valence-electron chi connectivity index (χ1n) is 5.28. The second kappa shape index (κ2) is 3.69. The van der Waals surface area contributed by atoms with Gasteiger partial charge in [0.15, 0.2) is 0 Å². The number of hydrogen-bond acceptors (Lipinski definition) is 2. The molecule has 0 radical (unpaired) electrons. The zero-order chi connectivity index (χ0) is 11.1. The van der Waals surface area contributed by atoms with Crippen LogP contribution < -0.4 is 0 Å². The summed E-state index contributed by atoms with van der Waals surface area (Å²) in [6.07, 6.45) is 0. The smallest absolute Gasteiger partial charge is 0.141 e. The van der Waals surface area contributed by atoms with Gasteiger partial charge in [-0.15, -0.1) is 0 Å². The van der Waals surface area contributed by atoms with Crippen molar-refractivity contribution in [3.63, 3.8) is 0 Å². The Balaban J connectivity index is 2.42. The van der Waals surface area contributed by atoms with E-state index in [2.05, 4.69) is 46.4 Å². The van der Waals surface area contributed by atoms with Gasteiger partial charge in [-0.3, -0.25) is 4.90 Å². The van der Waals surface area contributed by atoms with Crippen LogP contribution >= 0.6 is 0 Å². The van der Waals surface area contributed by atoms with Gasteiger partial charge >= 0.3 is 0 Å². The van der Waals surface area contributed by atoms with E-state index in [4.69, 9.17) is 0 Å². The second-order valence-electron chi connectivity index (χ2n) is 6.11. The summed E-state index contributed by atoms with van der Waals surface area (Å²) in [5, 5.41) is 0.384. The Morgan fingerprint density at radius 2 is 1.50 bits per heavy atom. The number of nitrogens with zero attached hydrogens (tertiary/aromatic N) is 1. The molecule has 3 heteroatoms. The summed E-state index contributed by atoms with van der Waals surface area (Å²) in [5.41, 5.74) is 0.235. The van der Waals surface area contributed by atoms with E-state index in [1.807, 2.05) is 0 Å². The van der Waals surface area contributed by atoms with Gasteiger partial charge in [-0.1, -0.05) is 0 Å². The molecule has 1 saturated heterocycles. The summed E-state index contributed by atoms with van der Waals surface area (Å²) in [6, 6.07) is 0. The molecule has 0 aliphatic carbocycles. The molecule has 1 aliphatic heterocycles. The fraction of sp³-hybridized carbons (Fsp3) is 1.00. The molecule has 0 bridgehead atoms. The normalized spacial score (nSPS) is 23.4. The maximum absolute atomic E-state index is 12.0. The molecule has 0 saturated carbocycles. The molecule has 2 nitrogen and oxygen atoms in total. The van der Waals surface area contributed by atoms with Crippen LogP contribution in [0.2, 0.25) is 0 Å². The van der Waals surface area contributed by atoms with Crippen molar-refractivity contribution >= 4 is 11.2 Å². The van der Waals surface area contributed by atoms with Crippen LogP contribution in [-0.2, 0) is 11.2 Å². The van der Waals surface area contributed by atoms with Crippen molar-refractivity contribution in [1.29, 1.82) is 0 Å². The molecule has 1 unspecified atom stereocenters. The lowest BCUT2D eigenvalue weighted by Gasteiger charge is -2.49. The molecule has 0 aromatic rings. The third-order valence-electron chi connectivity index (χ3n) is 2.70. The Morgan fingerprint density at radius 3 is 1.79 bits per heavy atom. The van der Waals surface area contributed by atoms with E-state index in [1.165, 1.54) is 0 Å². The van der Waals surface area contributed by atoms with Crippen LogP contribution in [0.4, 0.5) is 0 Å². The molecule has 14 heavy (non-hydrogen) atoms. The highest BCUT2D eigenvalue weighted by Crippen LogP contribution is 2.30. The second-order valence-corrected chi connectivity index (χ2v) is 8.59. The van der Waals surface area contributed by atoms with Crippen LogP contribution in [-0.4, -0.2) is 38.1 Å². The molecule has 1 fully saturated rings. The molecule has 1 aliphatic rings. The predicted octanol–water partition coefficient (Wildman–Crippen LogP) is 2.02. The van der Waals surface area contributed by atoms with E-state index in [0.717, 1.165) is 13.1 Å². The van der Waals surface area contributed by atoms with Gasteiger partial charge in [-0.05, 0) is 52.7 Å². The van der Waals surface area contributed by atoms with Gasteiger partial charge in [0, 0.05) is 18.6 Å². The van der Waals surface area contributed by atoms with E-state index in [0.29, 0.717) is 5.25 Å². The Labute approximate surface area is 91.2 Å². The lowest BCUT2D eigenvalue weighted by Crippen LogP contribution is -2.63. The fourth-order valence-electron chi connectivity index (χ4n) is 1.62. The van der Waals surface area contributed by atoms with Gasteiger partial charge in [0.2, 0.25) is 0 Å². The highest BCUT2D eigenvalue weighted by Gasteiger charge is 2.45. The molecule has 0 aromatic heterocycles. The van der Waals surface area contributed by atoms with Crippen molar-refractivity contribution in [3.05, 3.63) is 0 Å². The number of hydrogen-bond donors (Lipinski definition) is 0. The Kier molecular flexibility index (Phi) is 3.25. The third-order valence-corrected chi connectivity index (χ3v) is 4.81. The molecule has 1 atom stereocenters. The van der Waals surface area contributed by atoms with Gasteiger partial charge in [0.05, 0.1) is 0 Å². The molecular formula is C11H23NOS. The summed E-state index contributed by atoms with van der Waals surface area (Å²) in [5.74, 6) is 0. The zero-order valence-corrected chi connectivity index (χ0v) is 11.1.